The molecule has 0 aliphatic rings. The molecule has 0 unspecified atom stereocenters. The summed E-state index contributed by atoms with van der Waals surface area (Å²) >= 11 is 0. The lowest BCUT2D eigenvalue weighted by Crippen LogP contribution is -2.08. The Morgan fingerprint density at radius 1 is 1.57 bits per heavy atom. The number of carbonyl (C=O) groups excluding carboxylic acids is 1. The number of rotatable bonds is 4. The smallest absolute Gasteiger partial charge is 0.339 e. The predicted octanol–water partition coefficient (Wildman–Crippen LogP) is 2.28. The second-order valence-corrected chi connectivity index (χ2v) is 3.56. The Kier molecular flexibility index (Phi) is 4.11. The number of ether oxygens (including phenoxy) is 1. The van der Waals surface area contributed by atoms with Crippen LogP contribution in [-0.4, -0.2) is 17.6 Å². The summed E-state index contributed by atoms with van der Waals surface area (Å²) in [6, 6.07) is 3.42. The van der Waals surface area contributed by atoms with E-state index in [4.69, 9.17) is 4.74 Å². The molecular formula is C11H15NO2. The summed E-state index contributed by atoms with van der Waals surface area (Å²) in [5.74, 6) is 0.260. The van der Waals surface area contributed by atoms with E-state index in [0.717, 1.165) is 6.42 Å². The van der Waals surface area contributed by atoms with Gasteiger partial charge in [0.1, 0.15) is 0 Å². The first kappa shape index (κ1) is 10.7. The van der Waals surface area contributed by atoms with E-state index < -0.39 is 0 Å². The minimum Gasteiger partial charge on any atom is -0.462 e. The lowest BCUT2D eigenvalue weighted by atomic mass is 10.1. The molecule has 0 aromatic carbocycles. The van der Waals surface area contributed by atoms with Gasteiger partial charge in [0.05, 0.1) is 12.2 Å². The number of pyridine rings is 1. The topological polar surface area (TPSA) is 39.2 Å². The van der Waals surface area contributed by atoms with Gasteiger partial charge in [-0.1, -0.05) is 13.8 Å². The van der Waals surface area contributed by atoms with E-state index in [1.807, 2.05) is 0 Å². The summed E-state index contributed by atoms with van der Waals surface area (Å²) in [7, 11) is 0. The van der Waals surface area contributed by atoms with Crippen molar-refractivity contribution in [2.24, 2.45) is 5.92 Å². The number of hydrogen-bond donors (Lipinski definition) is 0. The van der Waals surface area contributed by atoms with Crippen LogP contribution in [0.5, 0.6) is 0 Å². The van der Waals surface area contributed by atoms with Crippen molar-refractivity contribution >= 4 is 5.97 Å². The third-order valence-corrected chi connectivity index (χ3v) is 1.83. The highest BCUT2D eigenvalue weighted by molar-refractivity contribution is 5.88. The highest BCUT2D eigenvalue weighted by Crippen LogP contribution is 2.03. The van der Waals surface area contributed by atoms with Gasteiger partial charge in [0.25, 0.3) is 0 Å². The van der Waals surface area contributed by atoms with Crippen LogP contribution in [0.1, 0.15) is 30.6 Å². The SMILES string of the molecule is CC(C)CCOC(=O)c1cccnc1. The van der Waals surface area contributed by atoms with E-state index in [0.29, 0.717) is 18.1 Å². The second-order valence-electron chi connectivity index (χ2n) is 3.56. The largest absolute Gasteiger partial charge is 0.462 e. The molecular weight excluding hydrogens is 178 g/mol. The Morgan fingerprint density at radius 3 is 2.93 bits per heavy atom. The summed E-state index contributed by atoms with van der Waals surface area (Å²) < 4.78 is 5.06. The molecule has 0 aliphatic carbocycles. The van der Waals surface area contributed by atoms with Gasteiger partial charge in [-0.15, -0.1) is 0 Å². The van der Waals surface area contributed by atoms with Crippen LogP contribution in [0.4, 0.5) is 0 Å². The molecule has 0 atom stereocenters. The zero-order valence-electron chi connectivity index (χ0n) is 8.56. The Hall–Kier alpha value is -1.38. The zero-order valence-corrected chi connectivity index (χ0v) is 8.56. The molecule has 76 valence electrons. The summed E-state index contributed by atoms with van der Waals surface area (Å²) in [6.07, 6.45) is 4.04. The van der Waals surface area contributed by atoms with Crippen LogP contribution in [-0.2, 0) is 4.74 Å². The Bertz CT molecular complexity index is 283. The third kappa shape index (κ3) is 3.56. The molecule has 3 heteroatoms. The molecule has 14 heavy (non-hydrogen) atoms. The number of aromatic nitrogens is 1. The van der Waals surface area contributed by atoms with Gasteiger partial charge in [0.15, 0.2) is 0 Å². The Balaban J connectivity index is 2.36. The molecule has 0 amide bonds. The van der Waals surface area contributed by atoms with E-state index >= 15 is 0 Å². The summed E-state index contributed by atoms with van der Waals surface area (Å²) in [5.41, 5.74) is 0.510. The monoisotopic (exact) mass is 193 g/mol. The molecule has 0 fully saturated rings. The van der Waals surface area contributed by atoms with Crippen molar-refractivity contribution in [3.63, 3.8) is 0 Å². The fraction of sp³-hybridized carbons (Fsp3) is 0.455. The molecule has 0 aliphatic heterocycles. The molecule has 0 saturated heterocycles. The number of carbonyl (C=O) groups is 1. The quantitative estimate of drug-likeness (QED) is 0.689. The van der Waals surface area contributed by atoms with Gasteiger partial charge in [-0.05, 0) is 24.5 Å². The van der Waals surface area contributed by atoms with Crippen molar-refractivity contribution in [2.75, 3.05) is 6.61 Å². The molecule has 0 spiro atoms. The van der Waals surface area contributed by atoms with Crippen LogP contribution < -0.4 is 0 Å². The fourth-order valence-corrected chi connectivity index (χ4v) is 0.954. The summed E-state index contributed by atoms with van der Waals surface area (Å²) in [4.78, 5) is 15.2. The molecule has 0 N–H and O–H groups in total. The molecule has 1 aromatic rings. The third-order valence-electron chi connectivity index (χ3n) is 1.83. The minimum atomic E-state index is -0.293. The fourth-order valence-electron chi connectivity index (χ4n) is 0.954. The lowest BCUT2D eigenvalue weighted by Gasteiger charge is -2.05. The van der Waals surface area contributed by atoms with Gasteiger partial charge in [-0.3, -0.25) is 4.98 Å². The van der Waals surface area contributed by atoms with E-state index in [1.54, 1.807) is 18.3 Å². The van der Waals surface area contributed by atoms with Crippen LogP contribution in [0.15, 0.2) is 24.5 Å². The van der Waals surface area contributed by atoms with Crippen molar-refractivity contribution in [3.8, 4) is 0 Å². The molecule has 1 aromatic heterocycles. The van der Waals surface area contributed by atoms with Crippen LogP contribution in [0.3, 0.4) is 0 Å². The van der Waals surface area contributed by atoms with Crippen molar-refractivity contribution < 1.29 is 9.53 Å². The van der Waals surface area contributed by atoms with Crippen molar-refractivity contribution in [2.45, 2.75) is 20.3 Å². The summed E-state index contributed by atoms with van der Waals surface area (Å²) in [5, 5.41) is 0. The predicted molar refractivity (Wildman–Crippen MR) is 54.0 cm³/mol. The van der Waals surface area contributed by atoms with E-state index in [-0.39, 0.29) is 5.97 Å². The normalized spacial score (nSPS) is 10.2. The molecule has 0 saturated carbocycles. The van der Waals surface area contributed by atoms with Crippen LogP contribution >= 0.6 is 0 Å². The average Bonchev–Trinajstić information content (AvgIpc) is 2.18. The maximum absolute atomic E-state index is 11.4. The van der Waals surface area contributed by atoms with Gasteiger partial charge in [-0.2, -0.15) is 0 Å². The standard InChI is InChI=1S/C11H15NO2/c1-9(2)5-7-14-11(13)10-4-3-6-12-8-10/h3-4,6,8-9H,5,7H2,1-2H3. The minimum absolute atomic E-state index is 0.293. The van der Waals surface area contributed by atoms with Crippen LogP contribution in [0.2, 0.25) is 0 Å². The number of nitrogens with zero attached hydrogens (tertiary/aromatic N) is 1. The van der Waals surface area contributed by atoms with Crippen molar-refractivity contribution in [1.82, 2.24) is 4.98 Å². The summed E-state index contributed by atoms with van der Waals surface area (Å²) in [6.45, 7) is 4.67. The molecule has 1 heterocycles. The highest BCUT2D eigenvalue weighted by Gasteiger charge is 2.06. The first-order chi connectivity index (χ1) is 6.70. The van der Waals surface area contributed by atoms with Gasteiger partial charge in [-0.25, -0.2) is 4.79 Å². The van der Waals surface area contributed by atoms with Crippen LogP contribution in [0, 0.1) is 5.92 Å². The molecule has 3 nitrogen and oxygen atoms in total. The van der Waals surface area contributed by atoms with Gasteiger partial charge in [0, 0.05) is 12.4 Å². The second kappa shape index (κ2) is 5.37. The van der Waals surface area contributed by atoms with Crippen molar-refractivity contribution in [3.05, 3.63) is 30.1 Å². The Labute approximate surface area is 84.1 Å². The first-order valence-corrected chi connectivity index (χ1v) is 4.77. The highest BCUT2D eigenvalue weighted by atomic mass is 16.5. The number of hydrogen-bond acceptors (Lipinski definition) is 3. The van der Waals surface area contributed by atoms with Crippen LogP contribution in [0.25, 0.3) is 0 Å². The van der Waals surface area contributed by atoms with Crippen molar-refractivity contribution in [1.29, 1.82) is 0 Å². The zero-order chi connectivity index (χ0) is 10.4. The Morgan fingerprint density at radius 2 is 2.36 bits per heavy atom. The molecule has 0 radical (unpaired) electrons. The first-order valence-electron chi connectivity index (χ1n) is 4.77. The number of esters is 1. The molecule has 1 rings (SSSR count). The molecule has 0 bridgehead atoms. The maximum Gasteiger partial charge on any atom is 0.339 e. The van der Waals surface area contributed by atoms with Gasteiger partial charge >= 0.3 is 5.97 Å². The van der Waals surface area contributed by atoms with Gasteiger partial charge in [0.2, 0.25) is 0 Å². The maximum atomic E-state index is 11.4. The van der Waals surface area contributed by atoms with E-state index in [9.17, 15) is 4.79 Å². The van der Waals surface area contributed by atoms with E-state index in [2.05, 4.69) is 18.8 Å². The van der Waals surface area contributed by atoms with Gasteiger partial charge < -0.3 is 4.74 Å². The lowest BCUT2D eigenvalue weighted by molar-refractivity contribution is 0.0487. The van der Waals surface area contributed by atoms with E-state index in [1.165, 1.54) is 6.20 Å². The average molecular weight is 193 g/mol.